The van der Waals surface area contributed by atoms with Crippen molar-refractivity contribution < 1.29 is 33.0 Å². The van der Waals surface area contributed by atoms with E-state index in [4.69, 9.17) is 9.84 Å². The molecule has 2 rings (SSSR count). The largest absolute Gasteiger partial charge is 0.482 e. The monoisotopic (exact) mass is 689 g/mol. The molecule has 0 aliphatic carbocycles. The standard InChI is InChI=1S/C23H22F2N2O4.C5H10O.2C3H6.2C2H6.CH5N/c1-2-27(20(15-29)10-11-28)14-22(31-16-17-6-4-3-5-7-17)23(30)26-13-18-8-9-19(24)12-21(18)25;1-3-5(2)4-6;2*1-3-2;3*1-2/h3-12,14-15H,2,13,16H2,1H3,(H,26,30);3,5-6H,1,4H2,2H3;2*3H,1H2,2H3;2*1-2H3;2H2,1H3/b20-10-,22-14-;;;;;;. The molecule has 0 heterocycles. The molecule has 0 saturated carbocycles. The summed E-state index contributed by atoms with van der Waals surface area (Å²) in [6.07, 6.45) is 8.52. The lowest BCUT2D eigenvalue weighted by atomic mass is 10.2. The molecule has 1 unspecified atom stereocenters. The lowest BCUT2D eigenvalue weighted by Crippen LogP contribution is -2.28. The number of amides is 1. The predicted octanol–water partition coefficient (Wildman–Crippen LogP) is 8.06. The Morgan fingerprint density at radius 1 is 1.00 bits per heavy atom. The van der Waals surface area contributed by atoms with Gasteiger partial charge in [0, 0.05) is 37.4 Å². The Hall–Kier alpha value is -4.67. The number of aldehydes is 2. The highest BCUT2D eigenvalue weighted by Gasteiger charge is 2.16. The first-order chi connectivity index (χ1) is 23.6. The number of allylic oxidation sites excluding steroid dienone is 4. The molecule has 2 aromatic carbocycles. The van der Waals surface area contributed by atoms with Gasteiger partial charge in [-0.05, 0) is 45.4 Å². The number of aliphatic hydroxyl groups excluding tert-OH is 1. The Balaban J connectivity index is -0.000000300. The molecule has 0 aliphatic rings. The van der Waals surface area contributed by atoms with E-state index in [9.17, 15) is 23.2 Å². The fraction of sp³-hybridized carbons (Fsp3) is 0.359. The zero-order chi connectivity index (χ0) is 39.0. The number of nitrogens with zero attached hydrogens (tertiary/aromatic N) is 1. The van der Waals surface area contributed by atoms with Gasteiger partial charge in [-0.25, -0.2) is 8.78 Å². The number of nitrogens with two attached hydrogens (primary N) is 1. The van der Waals surface area contributed by atoms with Gasteiger partial charge in [0.25, 0.3) is 5.91 Å². The van der Waals surface area contributed by atoms with Crippen molar-refractivity contribution >= 4 is 18.5 Å². The number of rotatable bonds is 13. The maximum atomic E-state index is 13.8. The molecule has 2 aromatic rings. The summed E-state index contributed by atoms with van der Waals surface area (Å²) in [6.45, 7) is 26.0. The number of aliphatic hydroxyl groups is 1. The molecule has 8 nitrogen and oxygen atoms in total. The van der Waals surface area contributed by atoms with Crippen LogP contribution in [-0.4, -0.2) is 48.7 Å². The smallest absolute Gasteiger partial charge is 0.288 e. The molecule has 1 atom stereocenters. The van der Waals surface area contributed by atoms with Gasteiger partial charge in [-0.3, -0.25) is 14.4 Å². The quantitative estimate of drug-likeness (QED) is 0.0842. The van der Waals surface area contributed by atoms with Crippen LogP contribution in [0.1, 0.15) is 66.5 Å². The number of hydrogen-bond donors (Lipinski definition) is 3. The van der Waals surface area contributed by atoms with Crippen LogP contribution < -0.4 is 11.1 Å². The number of hydrogen-bond acceptors (Lipinski definition) is 7. The van der Waals surface area contributed by atoms with Crippen molar-refractivity contribution in [1.29, 1.82) is 0 Å². The van der Waals surface area contributed by atoms with Gasteiger partial charge in [0.1, 0.15) is 24.5 Å². The summed E-state index contributed by atoms with van der Waals surface area (Å²) < 4.78 is 32.6. The minimum Gasteiger partial charge on any atom is -0.482 e. The summed E-state index contributed by atoms with van der Waals surface area (Å²) in [5, 5.41) is 10.8. The summed E-state index contributed by atoms with van der Waals surface area (Å²) in [5.41, 5.74) is 5.43. The zero-order valence-corrected chi connectivity index (χ0v) is 31.0. The van der Waals surface area contributed by atoms with E-state index in [-0.39, 0.29) is 49.2 Å². The van der Waals surface area contributed by atoms with Crippen molar-refractivity contribution in [3.8, 4) is 0 Å². The van der Waals surface area contributed by atoms with Crippen LogP contribution >= 0.6 is 0 Å². The Kier molecular flexibility index (Phi) is 45.4. The van der Waals surface area contributed by atoms with Gasteiger partial charge in [-0.2, -0.15) is 0 Å². The van der Waals surface area contributed by atoms with Crippen LogP contribution in [0.3, 0.4) is 0 Å². The van der Waals surface area contributed by atoms with Gasteiger partial charge in [-0.15, -0.1) is 19.7 Å². The van der Waals surface area contributed by atoms with Crippen LogP contribution in [0.5, 0.6) is 0 Å². The third-order valence-corrected chi connectivity index (χ3v) is 4.91. The average Bonchev–Trinajstić information content (AvgIpc) is 3.14. The molecule has 1 amide bonds. The second kappa shape index (κ2) is 41.4. The molecule has 0 bridgehead atoms. The highest BCUT2D eigenvalue weighted by atomic mass is 19.1. The number of ether oxygens (including phenoxy) is 1. The van der Waals surface area contributed by atoms with Crippen LogP contribution in [0.4, 0.5) is 8.78 Å². The van der Waals surface area contributed by atoms with Crippen LogP contribution in [0.15, 0.2) is 110 Å². The van der Waals surface area contributed by atoms with Crippen molar-refractivity contribution in [3.63, 3.8) is 0 Å². The molecule has 276 valence electrons. The van der Waals surface area contributed by atoms with Crippen molar-refractivity contribution in [2.75, 3.05) is 20.2 Å². The van der Waals surface area contributed by atoms with Crippen LogP contribution in [-0.2, 0) is 32.3 Å². The number of carbonyl (C=O) groups excluding carboxylic acids is 3. The normalized spacial score (nSPS) is 9.90. The molecular weight excluding hydrogens is 628 g/mol. The average molecular weight is 690 g/mol. The molecule has 0 radical (unpaired) electrons. The minimum atomic E-state index is -0.789. The van der Waals surface area contributed by atoms with Gasteiger partial charge in [0.05, 0.1) is 11.9 Å². The van der Waals surface area contributed by atoms with Gasteiger partial charge in [0.15, 0.2) is 6.29 Å². The second-order valence-corrected chi connectivity index (χ2v) is 8.53. The highest BCUT2D eigenvalue weighted by Crippen LogP contribution is 2.13. The van der Waals surface area contributed by atoms with E-state index in [1.54, 1.807) is 25.2 Å². The van der Waals surface area contributed by atoms with Gasteiger partial charge in [-0.1, -0.05) is 89.2 Å². The van der Waals surface area contributed by atoms with Gasteiger partial charge in [0.2, 0.25) is 5.76 Å². The first-order valence-corrected chi connectivity index (χ1v) is 16.1. The Morgan fingerprint density at radius 3 is 1.92 bits per heavy atom. The molecule has 0 spiro atoms. The SMILES string of the molecule is C=CC.C=CC.C=CC(C)CO.CC.CC.CCN(/C=C(\OCc1ccccc1)C(=O)NCc1ccc(F)cc1F)/C(C=O)=C\C=O.CN. The van der Waals surface area contributed by atoms with E-state index in [1.807, 2.05) is 78.8 Å². The van der Waals surface area contributed by atoms with E-state index in [2.05, 4.69) is 30.8 Å². The lowest BCUT2D eigenvalue weighted by Gasteiger charge is -2.20. The second-order valence-electron chi connectivity index (χ2n) is 8.53. The molecule has 0 aliphatic heterocycles. The number of likely N-dealkylation sites (N-methyl/N-ethyl adjacent to an activating group) is 1. The van der Waals surface area contributed by atoms with Crippen molar-refractivity contribution in [2.24, 2.45) is 11.7 Å². The molecule has 49 heavy (non-hydrogen) atoms. The molecule has 0 fully saturated rings. The van der Waals surface area contributed by atoms with Crippen LogP contribution in [0.2, 0.25) is 0 Å². The van der Waals surface area contributed by atoms with E-state index < -0.39 is 17.5 Å². The molecular formula is C39H61F2N3O5. The van der Waals surface area contributed by atoms with E-state index in [1.165, 1.54) is 24.2 Å². The fourth-order valence-electron chi connectivity index (χ4n) is 2.66. The third-order valence-electron chi connectivity index (χ3n) is 4.91. The Morgan fingerprint density at radius 2 is 1.53 bits per heavy atom. The van der Waals surface area contributed by atoms with Crippen LogP contribution in [0.25, 0.3) is 0 Å². The maximum Gasteiger partial charge on any atom is 0.288 e. The lowest BCUT2D eigenvalue weighted by molar-refractivity contribution is -0.121. The molecule has 0 saturated heterocycles. The van der Waals surface area contributed by atoms with E-state index >= 15 is 0 Å². The summed E-state index contributed by atoms with van der Waals surface area (Å²) in [6, 6.07) is 12.1. The topological polar surface area (TPSA) is 122 Å². The van der Waals surface area contributed by atoms with Gasteiger partial charge < -0.3 is 25.8 Å². The third kappa shape index (κ3) is 30.4. The number of carbonyl (C=O) groups is 3. The Bertz CT molecular complexity index is 1180. The number of nitrogens with one attached hydrogen (secondary N) is 1. The number of halogens is 2. The van der Waals surface area contributed by atoms with E-state index in [0.29, 0.717) is 12.6 Å². The van der Waals surface area contributed by atoms with Crippen molar-refractivity contribution in [2.45, 2.75) is 68.5 Å². The zero-order valence-electron chi connectivity index (χ0n) is 31.0. The number of benzene rings is 2. The summed E-state index contributed by atoms with van der Waals surface area (Å²) >= 11 is 0. The summed E-state index contributed by atoms with van der Waals surface area (Å²) in [4.78, 5) is 36.2. The summed E-state index contributed by atoms with van der Waals surface area (Å²) in [7, 11) is 1.50. The first-order valence-electron chi connectivity index (χ1n) is 16.1. The van der Waals surface area contributed by atoms with Crippen LogP contribution in [0, 0.1) is 17.6 Å². The van der Waals surface area contributed by atoms with Crippen molar-refractivity contribution in [1.82, 2.24) is 10.2 Å². The highest BCUT2D eigenvalue weighted by molar-refractivity contribution is 5.91. The van der Waals surface area contributed by atoms with E-state index in [0.717, 1.165) is 23.8 Å². The molecule has 4 N–H and O–H groups in total. The molecule has 10 heteroatoms. The molecule has 0 aromatic heterocycles. The fourth-order valence-corrected chi connectivity index (χ4v) is 2.66. The maximum absolute atomic E-state index is 13.8. The summed E-state index contributed by atoms with van der Waals surface area (Å²) in [5.74, 6) is -2.07. The Labute approximate surface area is 294 Å². The first kappa shape index (κ1) is 53.8. The van der Waals surface area contributed by atoms with Crippen molar-refractivity contribution in [3.05, 3.63) is 133 Å². The predicted molar refractivity (Wildman–Crippen MR) is 201 cm³/mol. The minimum absolute atomic E-state index is 0.0377. The van der Waals surface area contributed by atoms with Gasteiger partial charge >= 0.3 is 0 Å².